The van der Waals surface area contributed by atoms with Crippen LogP contribution in [0.25, 0.3) is 0 Å². The molecule has 0 aliphatic rings. The molecule has 2 nitrogen and oxygen atoms in total. The molecule has 1 N–H and O–H groups in total. The van der Waals surface area contributed by atoms with Crippen LogP contribution < -0.4 is 5.32 Å². The lowest BCUT2D eigenvalue weighted by molar-refractivity contribution is -0.123. The predicted molar refractivity (Wildman–Crippen MR) is 50.7 cm³/mol. The first kappa shape index (κ1) is 10.7. The standard InChI is InChI=1S/C10H15NO/c1-4-6-8-9(7-5-2)10(12)11-3/h4-5,8-9H,2,7H2,1,3H3,(H,11,12). The second-order valence-electron chi connectivity index (χ2n) is 2.37. The quantitative estimate of drug-likeness (QED) is 0.498. The summed E-state index contributed by atoms with van der Waals surface area (Å²) in [4.78, 5) is 11.2. The van der Waals surface area contributed by atoms with E-state index in [0.29, 0.717) is 6.42 Å². The molecule has 0 aliphatic heterocycles. The highest BCUT2D eigenvalue weighted by molar-refractivity contribution is 5.80. The molecule has 1 atom stereocenters. The molecule has 0 aliphatic carbocycles. The second kappa shape index (κ2) is 6.44. The lowest BCUT2D eigenvalue weighted by Gasteiger charge is -2.05. The number of carbonyl (C=O) groups excluding carboxylic acids is 1. The Kier molecular flexibility index (Phi) is 5.76. The van der Waals surface area contributed by atoms with Gasteiger partial charge in [-0.1, -0.05) is 6.08 Å². The summed E-state index contributed by atoms with van der Waals surface area (Å²) in [6.45, 7) is 5.45. The molecule has 0 rings (SSSR count). The van der Waals surface area contributed by atoms with Crippen molar-refractivity contribution in [2.75, 3.05) is 7.05 Å². The number of hydrogen-bond donors (Lipinski definition) is 1. The highest BCUT2D eigenvalue weighted by Gasteiger charge is 2.10. The third-order valence-electron chi connectivity index (χ3n) is 1.47. The fourth-order valence-corrected chi connectivity index (χ4v) is 0.828. The highest BCUT2D eigenvalue weighted by atomic mass is 16.1. The Labute approximate surface area is 73.7 Å². The van der Waals surface area contributed by atoms with E-state index in [1.165, 1.54) is 0 Å². The van der Waals surface area contributed by atoms with Crippen LogP contribution >= 0.6 is 0 Å². The van der Waals surface area contributed by atoms with Gasteiger partial charge < -0.3 is 5.32 Å². The lowest BCUT2D eigenvalue weighted by Crippen LogP contribution is -2.25. The molecule has 0 aromatic carbocycles. The fraction of sp³-hybridized carbons (Fsp3) is 0.400. The molecule has 0 aromatic heterocycles. The third-order valence-corrected chi connectivity index (χ3v) is 1.47. The van der Waals surface area contributed by atoms with Gasteiger partial charge in [0.1, 0.15) is 0 Å². The zero-order chi connectivity index (χ0) is 9.40. The van der Waals surface area contributed by atoms with E-state index in [1.807, 2.05) is 6.92 Å². The van der Waals surface area contributed by atoms with Crippen LogP contribution in [0.4, 0.5) is 0 Å². The van der Waals surface area contributed by atoms with Gasteiger partial charge in [0.2, 0.25) is 5.91 Å². The zero-order valence-electron chi connectivity index (χ0n) is 7.63. The molecule has 1 amide bonds. The summed E-state index contributed by atoms with van der Waals surface area (Å²) in [7, 11) is 1.63. The van der Waals surface area contributed by atoms with Crippen molar-refractivity contribution >= 4 is 5.91 Å². The average Bonchev–Trinajstić information content (AvgIpc) is 2.11. The number of carbonyl (C=O) groups is 1. The Morgan fingerprint density at radius 2 is 2.42 bits per heavy atom. The summed E-state index contributed by atoms with van der Waals surface area (Å²) < 4.78 is 0. The van der Waals surface area contributed by atoms with E-state index >= 15 is 0 Å². The van der Waals surface area contributed by atoms with Crippen LogP contribution in [0.3, 0.4) is 0 Å². The lowest BCUT2D eigenvalue weighted by atomic mass is 10.1. The number of nitrogens with one attached hydrogen (secondary N) is 1. The summed E-state index contributed by atoms with van der Waals surface area (Å²) in [5.74, 6) is -0.132. The van der Waals surface area contributed by atoms with Crippen molar-refractivity contribution in [3.05, 3.63) is 30.5 Å². The molecular formula is C10H15NO. The third kappa shape index (κ3) is 3.79. The van der Waals surface area contributed by atoms with E-state index in [4.69, 9.17) is 0 Å². The normalized spacial score (nSPS) is 10.8. The predicted octanol–water partition coefficient (Wildman–Crippen LogP) is 1.66. The van der Waals surface area contributed by atoms with Gasteiger partial charge in [0.05, 0.1) is 5.92 Å². The maximum atomic E-state index is 11.2. The van der Waals surface area contributed by atoms with Gasteiger partial charge in [0.25, 0.3) is 0 Å². The maximum absolute atomic E-state index is 11.2. The summed E-state index contributed by atoms with van der Waals surface area (Å²) in [6.07, 6.45) is 5.91. The number of hydrogen-bond acceptors (Lipinski definition) is 1. The molecule has 0 aromatic rings. The van der Waals surface area contributed by atoms with Crippen LogP contribution in [0.1, 0.15) is 13.3 Å². The highest BCUT2D eigenvalue weighted by Crippen LogP contribution is 2.04. The average molecular weight is 165 g/mol. The molecule has 0 heterocycles. The molecule has 0 bridgehead atoms. The van der Waals surface area contributed by atoms with E-state index in [0.717, 1.165) is 0 Å². The van der Waals surface area contributed by atoms with Crippen molar-refractivity contribution in [3.63, 3.8) is 0 Å². The van der Waals surface area contributed by atoms with Gasteiger partial charge in [0, 0.05) is 7.05 Å². The summed E-state index contributed by atoms with van der Waals surface area (Å²) in [5.41, 5.74) is 2.89. The van der Waals surface area contributed by atoms with Gasteiger partial charge >= 0.3 is 0 Å². The van der Waals surface area contributed by atoms with E-state index < -0.39 is 0 Å². The largest absolute Gasteiger partial charge is 0.359 e. The van der Waals surface area contributed by atoms with Crippen LogP contribution in [0.15, 0.2) is 30.5 Å². The molecule has 0 spiro atoms. The van der Waals surface area contributed by atoms with E-state index in [1.54, 1.807) is 25.3 Å². The van der Waals surface area contributed by atoms with Gasteiger partial charge in [-0.3, -0.25) is 4.79 Å². The molecule has 0 saturated heterocycles. The molecule has 0 fully saturated rings. The van der Waals surface area contributed by atoms with Crippen molar-refractivity contribution in [1.82, 2.24) is 5.32 Å². The van der Waals surface area contributed by atoms with Crippen LogP contribution in [0, 0.1) is 5.92 Å². The number of rotatable bonds is 4. The van der Waals surface area contributed by atoms with Crippen LogP contribution in [-0.4, -0.2) is 13.0 Å². The Balaban J connectivity index is 4.31. The Hall–Kier alpha value is -1.27. The van der Waals surface area contributed by atoms with Crippen molar-refractivity contribution < 1.29 is 4.79 Å². The molecule has 0 saturated carbocycles. The van der Waals surface area contributed by atoms with Crippen molar-refractivity contribution in [3.8, 4) is 0 Å². The van der Waals surface area contributed by atoms with Crippen LogP contribution in [-0.2, 0) is 4.79 Å². The Morgan fingerprint density at radius 3 is 2.83 bits per heavy atom. The second-order valence-corrected chi connectivity index (χ2v) is 2.37. The number of allylic oxidation sites excluding steroid dienone is 1. The van der Waals surface area contributed by atoms with E-state index in [9.17, 15) is 4.79 Å². The van der Waals surface area contributed by atoms with Gasteiger partial charge in [-0.2, -0.15) is 0 Å². The van der Waals surface area contributed by atoms with Gasteiger partial charge in [0.15, 0.2) is 0 Å². The van der Waals surface area contributed by atoms with E-state index in [-0.39, 0.29) is 11.8 Å². The smallest absolute Gasteiger partial charge is 0.227 e. The maximum Gasteiger partial charge on any atom is 0.227 e. The topological polar surface area (TPSA) is 29.1 Å². The zero-order valence-corrected chi connectivity index (χ0v) is 7.63. The first-order chi connectivity index (χ1) is 5.76. The fourth-order valence-electron chi connectivity index (χ4n) is 0.828. The van der Waals surface area contributed by atoms with Crippen molar-refractivity contribution in [1.29, 1.82) is 0 Å². The summed E-state index contributed by atoms with van der Waals surface area (Å²) >= 11 is 0. The minimum atomic E-state index is -0.135. The Morgan fingerprint density at radius 1 is 1.75 bits per heavy atom. The molecule has 12 heavy (non-hydrogen) atoms. The van der Waals surface area contributed by atoms with Crippen molar-refractivity contribution in [2.24, 2.45) is 5.92 Å². The van der Waals surface area contributed by atoms with Gasteiger partial charge in [-0.05, 0) is 25.5 Å². The molecule has 1 unspecified atom stereocenters. The number of amides is 1. The minimum Gasteiger partial charge on any atom is -0.359 e. The molecular weight excluding hydrogens is 150 g/mol. The summed E-state index contributed by atoms with van der Waals surface area (Å²) in [5, 5.41) is 2.59. The van der Waals surface area contributed by atoms with Crippen LogP contribution in [0.5, 0.6) is 0 Å². The summed E-state index contributed by atoms with van der Waals surface area (Å²) in [6, 6.07) is 0. The van der Waals surface area contributed by atoms with Crippen LogP contribution in [0.2, 0.25) is 0 Å². The van der Waals surface area contributed by atoms with Crippen molar-refractivity contribution in [2.45, 2.75) is 13.3 Å². The Bertz CT molecular complexity index is 210. The van der Waals surface area contributed by atoms with Gasteiger partial charge in [-0.25, -0.2) is 0 Å². The first-order valence-corrected chi connectivity index (χ1v) is 3.96. The first-order valence-electron chi connectivity index (χ1n) is 3.96. The monoisotopic (exact) mass is 165 g/mol. The molecule has 2 heteroatoms. The SMILES string of the molecule is C=CCC(C=C=CC)C(=O)NC. The molecule has 66 valence electrons. The van der Waals surface area contributed by atoms with Gasteiger partial charge in [-0.15, -0.1) is 12.3 Å². The minimum absolute atomic E-state index is 0.00394. The molecule has 0 radical (unpaired) electrons. The van der Waals surface area contributed by atoms with E-state index in [2.05, 4.69) is 17.6 Å².